The van der Waals surface area contributed by atoms with Gasteiger partial charge in [0.15, 0.2) is 23.1 Å². The van der Waals surface area contributed by atoms with Crippen molar-refractivity contribution in [3.05, 3.63) is 215 Å². The summed E-state index contributed by atoms with van der Waals surface area (Å²) < 4.78 is 6.74. The summed E-state index contributed by atoms with van der Waals surface area (Å²) in [7, 11) is 0. The Bertz CT molecular complexity index is 2200. The van der Waals surface area contributed by atoms with Crippen molar-refractivity contribution < 1.29 is 19.1 Å². The lowest BCUT2D eigenvalue weighted by Crippen LogP contribution is -2.18. The quantitative estimate of drug-likeness (QED) is 0.0879. The highest BCUT2D eigenvalue weighted by atomic mass is 16.5. The SMILES string of the molecule is CCCCCC.O=C(c1ccccc1)c1c(Oc2ccccc2)c(C(=O)c2ccccc2)c(-c2ccccc2)c(C(=O)c2ccccc2)c1-c1ccccc1. The Hall–Kier alpha value is -6.65. The van der Waals surface area contributed by atoms with E-state index in [2.05, 4.69) is 13.8 Å². The molecule has 0 saturated carbocycles. The molecule has 0 spiro atoms. The van der Waals surface area contributed by atoms with E-state index in [-0.39, 0.29) is 39.8 Å². The van der Waals surface area contributed by atoms with Gasteiger partial charge >= 0.3 is 0 Å². The first-order chi connectivity index (χ1) is 27.0. The first-order valence-electron chi connectivity index (χ1n) is 18.9. The Morgan fingerprint density at radius 1 is 0.382 bits per heavy atom. The van der Waals surface area contributed by atoms with Gasteiger partial charge < -0.3 is 4.74 Å². The number of benzene rings is 7. The van der Waals surface area contributed by atoms with Gasteiger partial charge in [0.1, 0.15) is 5.75 Å². The van der Waals surface area contributed by atoms with Crippen LogP contribution in [0.25, 0.3) is 22.3 Å². The van der Waals surface area contributed by atoms with E-state index in [0.717, 1.165) is 0 Å². The summed E-state index contributed by atoms with van der Waals surface area (Å²) in [6.45, 7) is 4.46. The summed E-state index contributed by atoms with van der Waals surface area (Å²) in [4.78, 5) is 45.1. The van der Waals surface area contributed by atoms with E-state index in [4.69, 9.17) is 4.74 Å². The van der Waals surface area contributed by atoms with Crippen molar-refractivity contribution in [1.82, 2.24) is 0 Å². The zero-order valence-corrected chi connectivity index (χ0v) is 31.3. The van der Waals surface area contributed by atoms with Crippen LogP contribution in [0.15, 0.2) is 182 Å². The normalized spacial score (nSPS) is 10.5. The first kappa shape index (κ1) is 38.1. The molecule has 7 aromatic rings. The fraction of sp³-hybridized carbons (Fsp3) is 0.118. The predicted octanol–water partition coefficient (Wildman–Crippen LogP) is 13.1. The van der Waals surface area contributed by atoms with Crippen LogP contribution in [-0.2, 0) is 0 Å². The molecule has 7 rings (SSSR count). The highest BCUT2D eigenvalue weighted by Crippen LogP contribution is 2.48. The van der Waals surface area contributed by atoms with Crippen LogP contribution in [0.3, 0.4) is 0 Å². The van der Waals surface area contributed by atoms with Gasteiger partial charge in [-0.1, -0.05) is 209 Å². The number of hydrogen-bond acceptors (Lipinski definition) is 4. The molecule has 0 N–H and O–H groups in total. The lowest BCUT2D eigenvalue weighted by molar-refractivity contribution is 0.103. The minimum atomic E-state index is -0.380. The predicted molar refractivity (Wildman–Crippen MR) is 223 cm³/mol. The minimum absolute atomic E-state index is 0.0798. The molecule has 0 aliphatic carbocycles. The van der Waals surface area contributed by atoms with Crippen molar-refractivity contribution in [2.75, 3.05) is 0 Å². The highest BCUT2D eigenvalue weighted by Gasteiger charge is 2.36. The Kier molecular flexibility index (Phi) is 13.1. The molecule has 0 fully saturated rings. The van der Waals surface area contributed by atoms with Gasteiger partial charge in [-0.15, -0.1) is 0 Å². The fourth-order valence-corrected chi connectivity index (χ4v) is 6.58. The second kappa shape index (κ2) is 18.9. The van der Waals surface area contributed by atoms with Gasteiger partial charge in [-0.2, -0.15) is 0 Å². The third-order valence-electron chi connectivity index (χ3n) is 9.29. The average Bonchev–Trinajstić information content (AvgIpc) is 3.26. The second-order valence-corrected chi connectivity index (χ2v) is 13.1. The van der Waals surface area contributed by atoms with Crippen molar-refractivity contribution in [2.24, 2.45) is 0 Å². The van der Waals surface area contributed by atoms with Gasteiger partial charge in [0, 0.05) is 33.4 Å². The number of para-hydroxylation sites is 1. The lowest BCUT2D eigenvalue weighted by Gasteiger charge is -2.26. The molecule has 55 heavy (non-hydrogen) atoms. The zero-order chi connectivity index (χ0) is 38.4. The average molecular weight is 721 g/mol. The van der Waals surface area contributed by atoms with Crippen molar-refractivity contribution in [2.45, 2.75) is 39.5 Å². The lowest BCUT2D eigenvalue weighted by atomic mass is 9.78. The molecule has 0 saturated heterocycles. The van der Waals surface area contributed by atoms with Crippen LogP contribution in [-0.4, -0.2) is 17.3 Å². The van der Waals surface area contributed by atoms with E-state index in [0.29, 0.717) is 44.7 Å². The number of rotatable bonds is 13. The van der Waals surface area contributed by atoms with E-state index in [9.17, 15) is 0 Å². The van der Waals surface area contributed by atoms with Crippen LogP contribution in [0, 0.1) is 0 Å². The van der Waals surface area contributed by atoms with E-state index in [1.807, 2.05) is 97.1 Å². The molecule has 272 valence electrons. The van der Waals surface area contributed by atoms with E-state index >= 15 is 14.4 Å². The molecule has 0 bridgehead atoms. The number of carbonyl (C=O) groups is 3. The number of hydrogen-bond donors (Lipinski definition) is 0. The maximum Gasteiger partial charge on any atom is 0.197 e. The maximum absolute atomic E-state index is 15.1. The number of ether oxygens (including phenoxy) is 1. The Morgan fingerprint density at radius 3 is 1.00 bits per heavy atom. The third-order valence-corrected chi connectivity index (χ3v) is 9.29. The molecule has 0 atom stereocenters. The summed E-state index contributed by atoms with van der Waals surface area (Å²) in [5.74, 6) is -0.569. The largest absolute Gasteiger partial charge is 0.456 e. The van der Waals surface area contributed by atoms with Gasteiger partial charge in [0.2, 0.25) is 0 Å². The van der Waals surface area contributed by atoms with Crippen molar-refractivity contribution >= 4 is 17.3 Å². The molecule has 4 heteroatoms. The summed E-state index contributed by atoms with van der Waals surface area (Å²) in [5.41, 5.74) is 3.73. The van der Waals surface area contributed by atoms with Crippen molar-refractivity contribution in [1.29, 1.82) is 0 Å². The molecule has 4 nitrogen and oxygen atoms in total. The summed E-state index contributed by atoms with van der Waals surface area (Å²) >= 11 is 0. The van der Waals surface area contributed by atoms with Crippen molar-refractivity contribution in [3.63, 3.8) is 0 Å². The molecule has 0 heterocycles. The molecular formula is C51H44O4. The van der Waals surface area contributed by atoms with Gasteiger partial charge in [-0.3, -0.25) is 14.4 Å². The van der Waals surface area contributed by atoms with E-state index in [1.165, 1.54) is 25.7 Å². The molecule has 0 radical (unpaired) electrons. The Morgan fingerprint density at radius 2 is 0.673 bits per heavy atom. The van der Waals surface area contributed by atoms with Crippen molar-refractivity contribution in [3.8, 4) is 33.8 Å². The number of unbranched alkanes of at least 4 members (excludes halogenated alkanes) is 3. The van der Waals surface area contributed by atoms with E-state index in [1.54, 1.807) is 84.9 Å². The molecular weight excluding hydrogens is 677 g/mol. The van der Waals surface area contributed by atoms with Crippen LogP contribution in [0.1, 0.15) is 87.3 Å². The van der Waals surface area contributed by atoms with Gasteiger partial charge in [0.25, 0.3) is 0 Å². The molecule has 7 aromatic carbocycles. The molecule has 0 aliphatic heterocycles. The third kappa shape index (κ3) is 8.94. The van der Waals surface area contributed by atoms with Crippen LogP contribution in [0.5, 0.6) is 11.5 Å². The maximum atomic E-state index is 15.1. The fourth-order valence-electron chi connectivity index (χ4n) is 6.58. The Labute approximate surface area is 324 Å². The van der Waals surface area contributed by atoms with Crippen LogP contribution in [0.2, 0.25) is 0 Å². The molecule has 0 aromatic heterocycles. The van der Waals surface area contributed by atoms with Gasteiger partial charge in [0.05, 0.1) is 11.1 Å². The molecule has 0 aliphatic rings. The summed E-state index contributed by atoms with van der Waals surface area (Å²) in [6, 6.07) is 54.5. The molecule has 0 amide bonds. The first-order valence-corrected chi connectivity index (χ1v) is 18.9. The summed E-state index contributed by atoms with van der Waals surface area (Å²) in [6.07, 6.45) is 5.54. The van der Waals surface area contributed by atoms with Gasteiger partial charge in [-0.05, 0) is 23.3 Å². The zero-order valence-electron chi connectivity index (χ0n) is 31.3. The Balaban J connectivity index is 0.000000794. The highest BCUT2D eigenvalue weighted by molar-refractivity contribution is 6.28. The minimum Gasteiger partial charge on any atom is -0.456 e. The standard InChI is InChI=1S/C45H30O4.C6H14/c46-42(33-23-11-3-12-24-33)39-37(31-19-7-1-8-20-31)40(43(47)34-25-13-4-14-26-34)45(49-36-29-17-6-18-30-36)41(38(39)32-21-9-2-10-22-32)44(48)35-27-15-5-16-28-35;1-3-5-6-4-2/h1-30H;3-6H2,1-2H3. The summed E-state index contributed by atoms with van der Waals surface area (Å²) in [5, 5.41) is 0. The second-order valence-electron chi connectivity index (χ2n) is 13.1. The van der Waals surface area contributed by atoms with Crippen LogP contribution < -0.4 is 4.74 Å². The van der Waals surface area contributed by atoms with Gasteiger partial charge in [-0.25, -0.2) is 0 Å². The number of ketones is 3. The monoisotopic (exact) mass is 720 g/mol. The smallest absolute Gasteiger partial charge is 0.197 e. The van der Waals surface area contributed by atoms with Crippen LogP contribution >= 0.6 is 0 Å². The van der Waals surface area contributed by atoms with E-state index < -0.39 is 0 Å². The number of carbonyl (C=O) groups excluding carboxylic acids is 3. The molecule has 0 unspecified atom stereocenters. The van der Waals surface area contributed by atoms with Crippen LogP contribution in [0.4, 0.5) is 0 Å². The topological polar surface area (TPSA) is 60.4 Å².